The summed E-state index contributed by atoms with van der Waals surface area (Å²) in [5.74, 6) is 0. The highest BCUT2D eigenvalue weighted by Crippen LogP contribution is 2.55. The first-order valence-electron chi connectivity index (χ1n) is 14.6. The van der Waals surface area contributed by atoms with Crippen molar-refractivity contribution in [2.75, 3.05) is 17.2 Å². The molecule has 6 rings (SSSR count). The van der Waals surface area contributed by atoms with Gasteiger partial charge < -0.3 is 10.6 Å². The predicted molar refractivity (Wildman–Crippen MR) is 164 cm³/mol. The third-order valence-electron chi connectivity index (χ3n) is 8.11. The normalized spacial score (nSPS) is 14.8. The molecule has 3 heterocycles. The topological polar surface area (TPSA) is 146 Å². The summed E-state index contributed by atoms with van der Waals surface area (Å²) in [4.78, 5) is 5.88. The smallest absolute Gasteiger partial charge is 0.383 e. The van der Waals surface area contributed by atoms with Crippen LogP contribution in [0.2, 0.25) is 0 Å². The molecule has 1 fully saturated rings. The molecule has 1 atom stereocenters. The van der Waals surface area contributed by atoms with Crippen molar-refractivity contribution >= 4 is 22.3 Å². The van der Waals surface area contributed by atoms with Crippen LogP contribution < -0.4 is 10.6 Å². The molecule has 234 valence electrons. The van der Waals surface area contributed by atoms with Crippen LogP contribution in [0.3, 0.4) is 0 Å². The number of aromatic nitrogens is 7. The molecule has 1 aliphatic rings. The fourth-order valence-electron chi connectivity index (χ4n) is 5.47. The highest BCUT2D eigenvalue weighted by molar-refractivity contribution is 5.99. The molecule has 0 aliphatic heterocycles. The van der Waals surface area contributed by atoms with Crippen molar-refractivity contribution < 1.29 is 13.2 Å². The number of nitriles is 2. The Bertz CT molecular complexity index is 2000. The Morgan fingerprint density at radius 3 is 2.39 bits per heavy atom. The fraction of sp³-hybridized carbons (Fsp3) is 0.344. The predicted octanol–water partition coefficient (Wildman–Crippen LogP) is 6.17. The number of anilines is 2. The molecular formula is C32H30F3N11. The molecule has 46 heavy (non-hydrogen) atoms. The average molecular weight is 626 g/mol. The van der Waals surface area contributed by atoms with Crippen LogP contribution >= 0.6 is 0 Å². The molecule has 14 heteroatoms. The third-order valence-corrected chi connectivity index (χ3v) is 8.11. The lowest BCUT2D eigenvalue weighted by molar-refractivity contribution is -0.182. The van der Waals surface area contributed by atoms with Gasteiger partial charge in [0, 0.05) is 23.8 Å². The van der Waals surface area contributed by atoms with Crippen LogP contribution in [0.15, 0.2) is 55.1 Å². The molecule has 1 aliphatic carbocycles. The summed E-state index contributed by atoms with van der Waals surface area (Å²) in [6.45, 7) is 8.58. The summed E-state index contributed by atoms with van der Waals surface area (Å²) in [5.41, 5.74) is 2.15. The summed E-state index contributed by atoms with van der Waals surface area (Å²) in [5, 5.41) is 44.0. The Kier molecular flexibility index (Phi) is 7.39. The van der Waals surface area contributed by atoms with E-state index >= 15 is 0 Å². The third kappa shape index (κ3) is 5.47. The van der Waals surface area contributed by atoms with Gasteiger partial charge in [-0.25, -0.2) is 4.68 Å². The van der Waals surface area contributed by atoms with Gasteiger partial charge in [-0.3, -0.25) is 4.98 Å². The number of halogens is 3. The van der Waals surface area contributed by atoms with Gasteiger partial charge in [-0.05, 0) is 54.5 Å². The van der Waals surface area contributed by atoms with E-state index in [1.807, 2.05) is 19.1 Å². The zero-order valence-corrected chi connectivity index (χ0v) is 25.6. The molecule has 3 aromatic heterocycles. The van der Waals surface area contributed by atoms with E-state index in [0.29, 0.717) is 45.6 Å². The van der Waals surface area contributed by atoms with E-state index in [1.165, 1.54) is 17.2 Å². The van der Waals surface area contributed by atoms with Gasteiger partial charge in [-0.2, -0.15) is 38.7 Å². The van der Waals surface area contributed by atoms with Crippen LogP contribution in [0, 0.1) is 35.0 Å². The number of hydrogen-bond donors (Lipinski definition) is 2. The molecule has 0 bridgehead atoms. The van der Waals surface area contributed by atoms with Crippen LogP contribution in [-0.4, -0.2) is 47.7 Å². The lowest BCUT2D eigenvalue weighted by Gasteiger charge is -2.23. The van der Waals surface area contributed by atoms with E-state index in [2.05, 4.69) is 69.0 Å². The lowest BCUT2D eigenvalue weighted by atomic mass is 9.95. The van der Waals surface area contributed by atoms with E-state index in [9.17, 15) is 23.7 Å². The zero-order chi connectivity index (χ0) is 32.9. The second-order valence-electron chi connectivity index (χ2n) is 12.6. The minimum absolute atomic E-state index is 0.0777. The number of alkyl halides is 3. The SMILES string of the molecule is Cc1c(C(Nc2cc(C#N)c3ncc(C#N)c(NCC(C)(C)C)c3c2)c2cn(C3(C(F)(F)F)CC3)nn2)cccc1-n1nccn1. The van der Waals surface area contributed by atoms with Crippen molar-refractivity contribution in [3.05, 3.63) is 83.1 Å². The number of fused-ring (bicyclic) bond motifs is 1. The van der Waals surface area contributed by atoms with Gasteiger partial charge in [0.1, 0.15) is 17.8 Å². The van der Waals surface area contributed by atoms with Crippen molar-refractivity contribution in [2.24, 2.45) is 5.41 Å². The summed E-state index contributed by atoms with van der Waals surface area (Å²) in [7, 11) is 0. The molecule has 0 amide bonds. The van der Waals surface area contributed by atoms with Crippen LogP contribution in [0.1, 0.15) is 67.6 Å². The number of hydrogen-bond acceptors (Lipinski definition) is 9. The number of pyridine rings is 1. The van der Waals surface area contributed by atoms with Crippen molar-refractivity contribution in [3.63, 3.8) is 0 Å². The van der Waals surface area contributed by atoms with Crippen molar-refractivity contribution in [3.8, 4) is 17.8 Å². The van der Waals surface area contributed by atoms with E-state index in [0.717, 1.165) is 10.2 Å². The summed E-state index contributed by atoms with van der Waals surface area (Å²) in [6.07, 6.45) is 1.23. The molecule has 0 spiro atoms. The van der Waals surface area contributed by atoms with Gasteiger partial charge in [-0.15, -0.1) is 5.10 Å². The maximum Gasteiger partial charge on any atom is 0.413 e. The maximum absolute atomic E-state index is 14.0. The minimum atomic E-state index is -4.48. The largest absolute Gasteiger partial charge is 0.413 e. The van der Waals surface area contributed by atoms with Gasteiger partial charge in [0.15, 0.2) is 5.54 Å². The van der Waals surface area contributed by atoms with Gasteiger partial charge in [0.2, 0.25) is 0 Å². The second-order valence-corrected chi connectivity index (χ2v) is 12.6. The number of benzene rings is 2. The Labute approximate surface area is 262 Å². The highest BCUT2D eigenvalue weighted by atomic mass is 19.4. The van der Waals surface area contributed by atoms with Gasteiger partial charge in [-0.1, -0.05) is 38.1 Å². The van der Waals surface area contributed by atoms with E-state index in [-0.39, 0.29) is 29.5 Å². The number of rotatable bonds is 8. The fourth-order valence-corrected chi connectivity index (χ4v) is 5.47. The van der Waals surface area contributed by atoms with E-state index < -0.39 is 17.8 Å². The molecule has 5 aromatic rings. The molecular weight excluding hydrogens is 595 g/mol. The highest BCUT2D eigenvalue weighted by Gasteiger charge is 2.66. The number of nitrogens with zero attached hydrogens (tertiary/aromatic N) is 9. The maximum atomic E-state index is 14.0. The minimum Gasteiger partial charge on any atom is -0.383 e. The summed E-state index contributed by atoms with van der Waals surface area (Å²) >= 11 is 0. The summed E-state index contributed by atoms with van der Waals surface area (Å²) in [6, 6.07) is 12.5. The first-order valence-corrected chi connectivity index (χ1v) is 14.6. The zero-order valence-electron chi connectivity index (χ0n) is 25.6. The first-order chi connectivity index (χ1) is 21.8. The van der Waals surface area contributed by atoms with Gasteiger partial charge in [0.05, 0.1) is 52.7 Å². The molecule has 1 unspecified atom stereocenters. The molecule has 2 aromatic carbocycles. The molecule has 1 saturated carbocycles. The molecule has 0 saturated heterocycles. The van der Waals surface area contributed by atoms with Crippen molar-refractivity contribution in [1.29, 1.82) is 10.5 Å². The Morgan fingerprint density at radius 1 is 1.04 bits per heavy atom. The van der Waals surface area contributed by atoms with Gasteiger partial charge in [0.25, 0.3) is 0 Å². The quantitative estimate of drug-likeness (QED) is 0.207. The lowest BCUT2D eigenvalue weighted by Crippen LogP contribution is -2.35. The first kappa shape index (κ1) is 30.5. The van der Waals surface area contributed by atoms with Crippen LogP contribution in [-0.2, 0) is 5.54 Å². The van der Waals surface area contributed by atoms with Gasteiger partial charge >= 0.3 is 6.18 Å². The molecule has 2 N–H and O–H groups in total. The summed E-state index contributed by atoms with van der Waals surface area (Å²) < 4.78 is 43.0. The monoisotopic (exact) mass is 625 g/mol. The average Bonchev–Trinajstić information content (AvgIpc) is 3.41. The van der Waals surface area contributed by atoms with E-state index in [4.69, 9.17) is 0 Å². The molecule has 11 nitrogen and oxygen atoms in total. The van der Waals surface area contributed by atoms with E-state index in [1.54, 1.807) is 30.6 Å². The van der Waals surface area contributed by atoms with Crippen molar-refractivity contribution in [2.45, 2.75) is 58.3 Å². The Hall–Kier alpha value is -5.50. The van der Waals surface area contributed by atoms with Crippen LogP contribution in [0.5, 0.6) is 0 Å². The van der Waals surface area contributed by atoms with Crippen molar-refractivity contribution in [1.82, 2.24) is 35.0 Å². The Balaban J connectivity index is 1.50. The number of nitrogens with one attached hydrogen (secondary N) is 2. The van der Waals surface area contributed by atoms with Crippen LogP contribution in [0.4, 0.5) is 24.5 Å². The van der Waals surface area contributed by atoms with Crippen LogP contribution in [0.25, 0.3) is 16.6 Å². The molecule has 0 radical (unpaired) electrons. The second kappa shape index (κ2) is 11.1. The standard InChI is InChI=1S/C32H30F3N11/c1-19-23(6-5-7-26(19)46-40-10-11-41-46)29(25-17-45(44-43-25)31(8-9-31)32(33,34)35)42-22-12-20(14-36)27-24(13-22)28(21(15-37)16-38-27)39-18-30(2,3)4/h5-7,10-13,16-17,29,42H,8-9,18H2,1-4H3,(H,38,39). The Morgan fingerprint density at radius 2 is 1.76 bits per heavy atom.